The Bertz CT molecular complexity index is 812. The molecule has 0 saturated heterocycles. The van der Waals surface area contributed by atoms with Gasteiger partial charge in [0, 0.05) is 10.7 Å². The van der Waals surface area contributed by atoms with Gasteiger partial charge in [-0.2, -0.15) is 0 Å². The zero-order valence-electron chi connectivity index (χ0n) is 15.3. The van der Waals surface area contributed by atoms with Crippen LogP contribution in [0, 0.1) is 0 Å². The summed E-state index contributed by atoms with van der Waals surface area (Å²) in [5.74, 6) is 0.276. The summed E-state index contributed by atoms with van der Waals surface area (Å²) in [5.41, 5.74) is 1.15. The number of ether oxygens (including phenoxy) is 1. The van der Waals surface area contributed by atoms with Gasteiger partial charge in [-0.1, -0.05) is 23.2 Å². The number of methoxy groups -OCH3 is 1. The number of halogens is 2. The number of carbonyl (C=O) groups is 2. The normalized spacial score (nSPS) is 12.8. The third kappa shape index (κ3) is 6.13. The molecule has 0 fully saturated rings. The average molecular weight is 411 g/mol. The first-order valence-electron chi connectivity index (χ1n) is 8.32. The number of likely N-dealkylation sites (N-methyl/N-ethyl adjacent to an activating group) is 1. The zero-order chi connectivity index (χ0) is 20.0. The van der Waals surface area contributed by atoms with Crippen LogP contribution in [0.3, 0.4) is 0 Å². The minimum absolute atomic E-state index is 0.134. The maximum atomic E-state index is 12.4. The van der Waals surface area contributed by atoms with Gasteiger partial charge in [0.05, 0.1) is 24.9 Å². The summed E-state index contributed by atoms with van der Waals surface area (Å²) in [7, 11) is 3.36. The van der Waals surface area contributed by atoms with Crippen LogP contribution in [0.5, 0.6) is 5.75 Å². The number of anilines is 2. The molecule has 0 heterocycles. The molecule has 2 amide bonds. The molecular formula is C19H22Cl2N3O3+. The standard InChI is InChI=1S/C19H21Cl2N3O3/c1-12(19(26)23-17-9-4-13(20)10-16(17)21)24(2)11-18(25)22-14-5-7-15(27-3)8-6-14/h4-10,12H,11H2,1-3H3,(H,22,25)(H,23,26)/p+1/t12-/m0/s1. The zero-order valence-corrected chi connectivity index (χ0v) is 16.8. The molecule has 2 aromatic carbocycles. The molecule has 3 N–H and O–H groups in total. The number of carbonyl (C=O) groups excluding carboxylic acids is 2. The van der Waals surface area contributed by atoms with E-state index in [4.69, 9.17) is 27.9 Å². The van der Waals surface area contributed by atoms with E-state index in [2.05, 4.69) is 10.6 Å². The van der Waals surface area contributed by atoms with Gasteiger partial charge in [-0.05, 0) is 49.4 Å². The number of hydrogen-bond acceptors (Lipinski definition) is 3. The third-order valence-corrected chi connectivity index (χ3v) is 4.68. The Labute approximate surface area is 168 Å². The SMILES string of the molecule is COc1ccc(NC(=O)C[NH+](C)[C@@H](C)C(=O)Nc2ccc(Cl)cc2Cl)cc1. The lowest BCUT2D eigenvalue weighted by Gasteiger charge is -2.21. The van der Waals surface area contributed by atoms with Crippen LogP contribution in [-0.2, 0) is 9.59 Å². The fraction of sp³-hybridized carbons (Fsp3) is 0.263. The summed E-state index contributed by atoms with van der Waals surface area (Å²) < 4.78 is 5.08. The van der Waals surface area contributed by atoms with E-state index in [0.29, 0.717) is 27.2 Å². The Morgan fingerprint density at radius 3 is 2.37 bits per heavy atom. The van der Waals surface area contributed by atoms with Crippen molar-refractivity contribution < 1.29 is 19.2 Å². The number of benzene rings is 2. The molecule has 0 aromatic heterocycles. The van der Waals surface area contributed by atoms with E-state index in [0.717, 1.165) is 4.90 Å². The van der Waals surface area contributed by atoms with Crippen LogP contribution < -0.4 is 20.3 Å². The van der Waals surface area contributed by atoms with Gasteiger partial charge in [-0.25, -0.2) is 0 Å². The smallest absolute Gasteiger partial charge is 0.282 e. The van der Waals surface area contributed by atoms with Gasteiger partial charge in [-0.3, -0.25) is 9.59 Å². The number of amides is 2. The van der Waals surface area contributed by atoms with Crippen LogP contribution in [-0.4, -0.2) is 38.6 Å². The third-order valence-electron chi connectivity index (χ3n) is 4.13. The fourth-order valence-corrected chi connectivity index (χ4v) is 2.80. The molecule has 1 unspecified atom stereocenters. The first kappa shape index (κ1) is 21.0. The second-order valence-electron chi connectivity index (χ2n) is 6.13. The Morgan fingerprint density at radius 2 is 1.78 bits per heavy atom. The Balaban J connectivity index is 1.90. The Kier molecular flexibility index (Phi) is 7.47. The molecular weight excluding hydrogens is 389 g/mol. The van der Waals surface area contributed by atoms with Crippen LogP contribution in [0.4, 0.5) is 11.4 Å². The summed E-state index contributed by atoms with van der Waals surface area (Å²) in [5, 5.41) is 6.41. The predicted molar refractivity (Wildman–Crippen MR) is 108 cm³/mol. The van der Waals surface area contributed by atoms with E-state index in [1.165, 1.54) is 0 Å². The lowest BCUT2D eigenvalue weighted by Crippen LogP contribution is -3.14. The van der Waals surface area contributed by atoms with E-state index in [1.54, 1.807) is 63.5 Å². The van der Waals surface area contributed by atoms with Crippen molar-refractivity contribution in [2.75, 3.05) is 31.3 Å². The van der Waals surface area contributed by atoms with Gasteiger partial charge in [0.2, 0.25) is 0 Å². The maximum absolute atomic E-state index is 12.4. The summed E-state index contributed by atoms with van der Waals surface area (Å²) in [6, 6.07) is 11.4. The summed E-state index contributed by atoms with van der Waals surface area (Å²) in [6.07, 6.45) is 0. The second kappa shape index (κ2) is 9.60. The molecule has 2 aromatic rings. The second-order valence-corrected chi connectivity index (χ2v) is 6.98. The quantitative estimate of drug-likeness (QED) is 0.656. The van der Waals surface area contributed by atoms with Gasteiger partial charge in [0.1, 0.15) is 5.75 Å². The molecule has 0 spiro atoms. The minimum atomic E-state index is -0.460. The maximum Gasteiger partial charge on any atom is 0.282 e. The van der Waals surface area contributed by atoms with Crippen molar-refractivity contribution in [3.63, 3.8) is 0 Å². The molecule has 8 heteroatoms. The molecule has 0 aliphatic heterocycles. The van der Waals surface area contributed by atoms with E-state index in [-0.39, 0.29) is 18.4 Å². The first-order chi connectivity index (χ1) is 12.8. The summed E-state index contributed by atoms with van der Waals surface area (Å²) in [4.78, 5) is 25.4. The van der Waals surface area contributed by atoms with Crippen LogP contribution in [0.25, 0.3) is 0 Å². The molecule has 0 radical (unpaired) electrons. The molecule has 6 nitrogen and oxygen atoms in total. The molecule has 2 rings (SSSR count). The van der Waals surface area contributed by atoms with E-state index in [9.17, 15) is 9.59 Å². The van der Waals surface area contributed by atoms with Gasteiger partial charge in [0.15, 0.2) is 12.6 Å². The molecule has 27 heavy (non-hydrogen) atoms. The van der Waals surface area contributed by atoms with Crippen molar-refractivity contribution in [2.24, 2.45) is 0 Å². The highest BCUT2D eigenvalue weighted by atomic mass is 35.5. The predicted octanol–water partition coefficient (Wildman–Crippen LogP) is 2.48. The highest BCUT2D eigenvalue weighted by Gasteiger charge is 2.24. The van der Waals surface area contributed by atoms with Crippen molar-refractivity contribution >= 4 is 46.4 Å². The van der Waals surface area contributed by atoms with Crippen LogP contribution >= 0.6 is 23.2 Å². The van der Waals surface area contributed by atoms with Gasteiger partial charge < -0.3 is 20.3 Å². The number of hydrogen-bond donors (Lipinski definition) is 3. The minimum Gasteiger partial charge on any atom is -0.497 e. The molecule has 144 valence electrons. The highest BCUT2D eigenvalue weighted by molar-refractivity contribution is 6.36. The average Bonchev–Trinajstić information content (AvgIpc) is 2.63. The molecule has 0 aliphatic carbocycles. The van der Waals surface area contributed by atoms with Crippen molar-refractivity contribution in [1.29, 1.82) is 0 Å². The van der Waals surface area contributed by atoms with Crippen LogP contribution in [0.1, 0.15) is 6.92 Å². The Hall–Kier alpha value is -2.28. The highest BCUT2D eigenvalue weighted by Crippen LogP contribution is 2.25. The molecule has 2 atom stereocenters. The van der Waals surface area contributed by atoms with Crippen LogP contribution in [0.2, 0.25) is 10.0 Å². The topological polar surface area (TPSA) is 71.9 Å². The van der Waals surface area contributed by atoms with Crippen molar-refractivity contribution in [3.8, 4) is 5.75 Å². The lowest BCUT2D eigenvalue weighted by atomic mass is 10.2. The number of rotatable bonds is 7. The fourth-order valence-electron chi connectivity index (χ4n) is 2.34. The number of quaternary nitrogens is 1. The van der Waals surface area contributed by atoms with E-state index >= 15 is 0 Å². The van der Waals surface area contributed by atoms with Gasteiger partial charge in [-0.15, -0.1) is 0 Å². The summed E-state index contributed by atoms with van der Waals surface area (Å²) >= 11 is 11.9. The van der Waals surface area contributed by atoms with Crippen molar-refractivity contribution in [3.05, 3.63) is 52.5 Å². The van der Waals surface area contributed by atoms with E-state index in [1.807, 2.05) is 0 Å². The lowest BCUT2D eigenvalue weighted by molar-refractivity contribution is -0.885. The number of nitrogens with one attached hydrogen (secondary N) is 3. The Morgan fingerprint density at radius 1 is 1.11 bits per heavy atom. The van der Waals surface area contributed by atoms with Crippen LogP contribution in [0.15, 0.2) is 42.5 Å². The first-order valence-corrected chi connectivity index (χ1v) is 9.08. The monoisotopic (exact) mass is 410 g/mol. The van der Waals surface area contributed by atoms with E-state index < -0.39 is 6.04 Å². The van der Waals surface area contributed by atoms with Gasteiger partial charge >= 0.3 is 0 Å². The van der Waals surface area contributed by atoms with Crippen molar-refractivity contribution in [1.82, 2.24) is 0 Å². The van der Waals surface area contributed by atoms with Crippen molar-refractivity contribution in [2.45, 2.75) is 13.0 Å². The largest absolute Gasteiger partial charge is 0.497 e. The molecule has 0 aliphatic rings. The molecule has 0 bridgehead atoms. The summed E-state index contributed by atoms with van der Waals surface area (Å²) in [6.45, 7) is 1.88. The van der Waals surface area contributed by atoms with Gasteiger partial charge in [0.25, 0.3) is 11.8 Å². The molecule has 0 saturated carbocycles.